The summed E-state index contributed by atoms with van der Waals surface area (Å²) in [6.07, 6.45) is 3.30. The third kappa shape index (κ3) is 4.44. The number of nitriles is 1. The van der Waals surface area contributed by atoms with Crippen LogP contribution in [0.1, 0.15) is 18.4 Å². The van der Waals surface area contributed by atoms with Crippen LogP contribution in [-0.4, -0.2) is 30.3 Å². The average Bonchev–Trinajstić information content (AvgIpc) is 3.00. The molecule has 1 saturated heterocycles. The molecule has 1 aromatic carbocycles. The lowest BCUT2D eigenvalue weighted by Crippen LogP contribution is -2.32. The highest BCUT2D eigenvalue weighted by atomic mass is 127. The Balaban J connectivity index is 2.13. The van der Waals surface area contributed by atoms with Gasteiger partial charge in [0.15, 0.2) is 0 Å². The smallest absolute Gasteiger partial charge is 0.262 e. The van der Waals surface area contributed by atoms with E-state index in [0.29, 0.717) is 22.3 Å². The summed E-state index contributed by atoms with van der Waals surface area (Å²) in [4.78, 5) is 12.1. The molecule has 1 fully saturated rings. The van der Waals surface area contributed by atoms with E-state index in [-0.39, 0.29) is 17.4 Å². The van der Waals surface area contributed by atoms with Gasteiger partial charge in [0.1, 0.15) is 17.4 Å². The minimum absolute atomic E-state index is 0.0177. The first-order valence-electron chi connectivity index (χ1n) is 6.71. The van der Waals surface area contributed by atoms with Gasteiger partial charge in [0, 0.05) is 23.2 Å². The third-order valence-electron chi connectivity index (χ3n) is 3.24. The third-order valence-corrected chi connectivity index (χ3v) is 4.52. The van der Waals surface area contributed by atoms with E-state index in [2.05, 4.69) is 21.2 Å². The number of ether oxygens (including phenoxy) is 1. The van der Waals surface area contributed by atoms with Gasteiger partial charge >= 0.3 is 0 Å². The lowest BCUT2D eigenvalue weighted by atomic mass is 10.1. The molecule has 2 N–H and O–H groups in total. The minimum atomic E-state index is -0.465. The lowest BCUT2D eigenvalue weighted by Gasteiger charge is -2.10. The Morgan fingerprint density at radius 3 is 3.05 bits per heavy atom. The van der Waals surface area contributed by atoms with Crippen molar-refractivity contribution in [1.82, 2.24) is 5.32 Å². The van der Waals surface area contributed by atoms with Crippen molar-refractivity contribution in [2.24, 2.45) is 0 Å². The minimum Gasteiger partial charge on any atom is -0.506 e. The average molecular weight is 477 g/mol. The fourth-order valence-corrected chi connectivity index (χ4v) is 3.66. The van der Waals surface area contributed by atoms with Crippen LogP contribution in [0, 0.1) is 14.9 Å². The highest BCUT2D eigenvalue weighted by molar-refractivity contribution is 14.1. The van der Waals surface area contributed by atoms with Crippen LogP contribution in [0.25, 0.3) is 6.08 Å². The predicted molar refractivity (Wildman–Crippen MR) is 94.1 cm³/mol. The van der Waals surface area contributed by atoms with Crippen LogP contribution < -0.4 is 5.32 Å². The normalized spacial score (nSPS) is 18.0. The Bertz CT molecular complexity index is 649. The van der Waals surface area contributed by atoms with E-state index in [4.69, 9.17) is 4.74 Å². The molecule has 0 saturated carbocycles. The summed E-state index contributed by atoms with van der Waals surface area (Å²) in [5.74, 6) is -0.421. The molecule has 1 aliphatic rings. The zero-order valence-corrected chi connectivity index (χ0v) is 15.3. The highest BCUT2D eigenvalue weighted by Crippen LogP contribution is 2.30. The summed E-state index contributed by atoms with van der Waals surface area (Å²) in [6.45, 7) is 1.10. The monoisotopic (exact) mass is 476 g/mol. The van der Waals surface area contributed by atoms with Crippen LogP contribution in [0.3, 0.4) is 0 Å². The van der Waals surface area contributed by atoms with Crippen LogP contribution in [0.5, 0.6) is 5.75 Å². The van der Waals surface area contributed by atoms with E-state index in [9.17, 15) is 15.2 Å². The van der Waals surface area contributed by atoms with Gasteiger partial charge in [-0.25, -0.2) is 0 Å². The second-order valence-electron chi connectivity index (χ2n) is 4.84. The molecular weight excluding hydrogens is 463 g/mol. The molecule has 116 valence electrons. The number of carbonyl (C=O) groups excluding carboxylic acids is 1. The van der Waals surface area contributed by atoms with E-state index in [1.807, 2.05) is 28.7 Å². The number of nitrogens with one attached hydrogen (secondary N) is 1. The number of nitrogens with zero attached hydrogens (tertiary/aromatic N) is 1. The van der Waals surface area contributed by atoms with Crippen molar-refractivity contribution in [2.45, 2.75) is 18.9 Å². The van der Waals surface area contributed by atoms with Gasteiger partial charge in [-0.05, 0) is 53.6 Å². The number of phenolic OH excluding ortho intramolecular Hbond substituents is 1. The van der Waals surface area contributed by atoms with Crippen molar-refractivity contribution < 1.29 is 14.6 Å². The topological polar surface area (TPSA) is 82.3 Å². The number of rotatable bonds is 4. The van der Waals surface area contributed by atoms with Gasteiger partial charge < -0.3 is 15.2 Å². The van der Waals surface area contributed by atoms with Crippen LogP contribution in [-0.2, 0) is 9.53 Å². The quantitative estimate of drug-likeness (QED) is 0.397. The van der Waals surface area contributed by atoms with Crippen LogP contribution in [0.2, 0.25) is 0 Å². The van der Waals surface area contributed by atoms with E-state index in [0.717, 1.165) is 17.3 Å². The summed E-state index contributed by atoms with van der Waals surface area (Å²) in [5, 5.41) is 21.9. The zero-order valence-electron chi connectivity index (χ0n) is 11.6. The van der Waals surface area contributed by atoms with E-state index >= 15 is 0 Å². The van der Waals surface area contributed by atoms with Crippen molar-refractivity contribution in [1.29, 1.82) is 5.26 Å². The van der Waals surface area contributed by atoms with Gasteiger partial charge in [-0.3, -0.25) is 4.79 Å². The second kappa shape index (κ2) is 7.94. The number of phenols is 1. The number of benzene rings is 1. The number of carbonyl (C=O) groups is 1. The standard InChI is InChI=1S/C15H14BrIN2O3/c16-11-5-9(14(20)13(17)6-11)4-10(7-18)15(21)19-8-12-2-1-3-22-12/h4-6,12,20H,1-3,8H2,(H,19,21)/b10-4+/t12-/m1/s1. The largest absolute Gasteiger partial charge is 0.506 e. The molecule has 1 aliphatic heterocycles. The highest BCUT2D eigenvalue weighted by Gasteiger charge is 2.18. The number of aromatic hydroxyl groups is 1. The van der Waals surface area contributed by atoms with Gasteiger partial charge in [-0.2, -0.15) is 5.26 Å². The first-order chi connectivity index (χ1) is 10.5. The second-order valence-corrected chi connectivity index (χ2v) is 6.92. The maximum atomic E-state index is 12.1. The molecule has 0 radical (unpaired) electrons. The van der Waals surface area contributed by atoms with Crippen LogP contribution >= 0.6 is 38.5 Å². The van der Waals surface area contributed by atoms with Crippen LogP contribution in [0.15, 0.2) is 22.2 Å². The first kappa shape index (κ1) is 17.2. The number of hydrogen-bond donors (Lipinski definition) is 2. The molecule has 1 heterocycles. The Morgan fingerprint density at radius 2 is 2.41 bits per heavy atom. The van der Waals surface area contributed by atoms with Crippen molar-refractivity contribution in [3.05, 3.63) is 31.3 Å². The van der Waals surface area contributed by atoms with Gasteiger partial charge in [-0.1, -0.05) is 15.9 Å². The fourth-order valence-electron chi connectivity index (χ4n) is 2.11. The van der Waals surface area contributed by atoms with Gasteiger partial charge in [0.2, 0.25) is 0 Å². The molecule has 0 bridgehead atoms. The molecule has 0 aliphatic carbocycles. The van der Waals surface area contributed by atoms with Crippen molar-refractivity contribution in [3.8, 4) is 11.8 Å². The molecule has 1 aromatic rings. The molecule has 1 atom stereocenters. The number of amides is 1. The molecular formula is C15H14BrIN2O3. The molecule has 5 nitrogen and oxygen atoms in total. The summed E-state index contributed by atoms with van der Waals surface area (Å²) < 4.78 is 6.82. The number of hydrogen-bond acceptors (Lipinski definition) is 4. The summed E-state index contributed by atoms with van der Waals surface area (Å²) in [5.41, 5.74) is 0.366. The van der Waals surface area contributed by atoms with Crippen molar-refractivity contribution >= 4 is 50.5 Å². The summed E-state index contributed by atoms with van der Waals surface area (Å²) in [7, 11) is 0. The predicted octanol–water partition coefficient (Wildman–Crippen LogP) is 2.96. The van der Waals surface area contributed by atoms with Gasteiger partial charge in [-0.15, -0.1) is 0 Å². The lowest BCUT2D eigenvalue weighted by molar-refractivity contribution is -0.117. The van der Waals surface area contributed by atoms with E-state index in [1.165, 1.54) is 6.08 Å². The number of halogens is 2. The van der Waals surface area contributed by atoms with Crippen molar-refractivity contribution in [3.63, 3.8) is 0 Å². The molecule has 2 rings (SSSR count). The van der Waals surface area contributed by atoms with Crippen molar-refractivity contribution in [2.75, 3.05) is 13.2 Å². The Hall–Kier alpha value is -1.11. The Kier molecular flexibility index (Phi) is 6.23. The van der Waals surface area contributed by atoms with Crippen LogP contribution in [0.4, 0.5) is 0 Å². The molecule has 0 spiro atoms. The maximum absolute atomic E-state index is 12.1. The molecule has 22 heavy (non-hydrogen) atoms. The van der Waals surface area contributed by atoms with Gasteiger partial charge in [0.05, 0.1) is 9.67 Å². The molecule has 1 amide bonds. The zero-order chi connectivity index (χ0) is 16.1. The fraction of sp³-hybridized carbons (Fsp3) is 0.333. The molecule has 0 aromatic heterocycles. The maximum Gasteiger partial charge on any atom is 0.262 e. The summed E-state index contributed by atoms with van der Waals surface area (Å²) in [6, 6.07) is 5.27. The van der Waals surface area contributed by atoms with Gasteiger partial charge in [0.25, 0.3) is 5.91 Å². The first-order valence-corrected chi connectivity index (χ1v) is 8.58. The van der Waals surface area contributed by atoms with E-state index in [1.54, 1.807) is 12.1 Å². The summed E-state index contributed by atoms with van der Waals surface area (Å²) >= 11 is 5.31. The Labute approximate surface area is 150 Å². The van der Waals surface area contributed by atoms with E-state index < -0.39 is 5.91 Å². The Morgan fingerprint density at radius 1 is 1.64 bits per heavy atom. The molecule has 7 heteroatoms. The molecule has 0 unspecified atom stereocenters. The SMILES string of the molecule is N#C/C(=C\c1cc(Br)cc(I)c1O)C(=O)NC[C@H]1CCCO1.